The van der Waals surface area contributed by atoms with E-state index in [9.17, 15) is 4.79 Å². The molecule has 5 nitrogen and oxygen atoms in total. The second-order valence-electron chi connectivity index (χ2n) is 4.67. The number of nitrogens with zero attached hydrogens (tertiary/aromatic N) is 3. The maximum atomic E-state index is 12.1. The van der Waals surface area contributed by atoms with Crippen molar-refractivity contribution in [3.8, 4) is 0 Å². The van der Waals surface area contributed by atoms with Crippen molar-refractivity contribution in [1.82, 2.24) is 20.3 Å². The van der Waals surface area contributed by atoms with Gasteiger partial charge in [-0.25, -0.2) is 15.0 Å². The quantitative estimate of drug-likeness (QED) is 0.798. The molecule has 0 aliphatic heterocycles. The Bertz CT molecular complexity index is 801. The highest BCUT2D eigenvalue weighted by atomic mass is 16.1. The molecular weight excluding hydrogens is 264 g/mol. The smallest absolute Gasteiger partial charge is 0.270 e. The zero-order valence-electron chi connectivity index (χ0n) is 11.6. The second-order valence-corrected chi connectivity index (χ2v) is 4.67. The summed E-state index contributed by atoms with van der Waals surface area (Å²) in [7, 11) is 0. The number of hydrogen-bond acceptors (Lipinski definition) is 4. The van der Waals surface area contributed by atoms with E-state index in [0.717, 1.165) is 16.6 Å². The Kier molecular flexibility index (Phi) is 3.55. The van der Waals surface area contributed by atoms with E-state index in [1.165, 1.54) is 0 Å². The van der Waals surface area contributed by atoms with E-state index >= 15 is 0 Å². The van der Waals surface area contributed by atoms with E-state index in [1.54, 1.807) is 18.3 Å². The summed E-state index contributed by atoms with van der Waals surface area (Å²) in [6.45, 7) is 2.17. The molecule has 1 amide bonds. The van der Waals surface area contributed by atoms with Gasteiger partial charge in [0.2, 0.25) is 0 Å². The molecule has 2 aromatic heterocycles. The van der Waals surface area contributed by atoms with Crippen LogP contribution in [0.2, 0.25) is 0 Å². The summed E-state index contributed by atoms with van der Waals surface area (Å²) in [6, 6.07) is 13.1. The van der Waals surface area contributed by atoms with E-state index in [0.29, 0.717) is 18.1 Å². The molecule has 5 heteroatoms. The SMILES string of the molecule is Cc1nccc(CNC(=O)c2ccc3ccccc3n2)n1. The molecule has 0 saturated heterocycles. The van der Waals surface area contributed by atoms with Gasteiger partial charge in [0.1, 0.15) is 11.5 Å². The van der Waals surface area contributed by atoms with Crippen LogP contribution in [0.15, 0.2) is 48.7 Å². The lowest BCUT2D eigenvalue weighted by Gasteiger charge is -2.05. The predicted molar refractivity (Wildman–Crippen MR) is 79.7 cm³/mol. The van der Waals surface area contributed by atoms with Gasteiger partial charge in [-0.2, -0.15) is 0 Å². The van der Waals surface area contributed by atoms with Crippen LogP contribution in [0, 0.1) is 6.92 Å². The minimum atomic E-state index is -0.211. The van der Waals surface area contributed by atoms with Crippen molar-refractivity contribution in [3.05, 3.63) is 65.9 Å². The number of aryl methyl sites for hydroxylation is 1. The highest BCUT2D eigenvalue weighted by Crippen LogP contribution is 2.11. The highest BCUT2D eigenvalue weighted by Gasteiger charge is 2.08. The van der Waals surface area contributed by atoms with E-state index in [2.05, 4.69) is 20.3 Å². The number of carbonyl (C=O) groups is 1. The largest absolute Gasteiger partial charge is 0.345 e. The van der Waals surface area contributed by atoms with Crippen molar-refractivity contribution >= 4 is 16.8 Å². The van der Waals surface area contributed by atoms with Gasteiger partial charge in [-0.05, 0) is 25.1 Å². The zero-order chi connectivity index (χ0) is 14.7. The topological polar surface area (TPSA) is 67.8 Å². The van der Waals surface area contributed by atoms with Gasteiger partial charge >= 0.3 is 0 Å². The number of rotatable bonds is 3. The Morgan fingerprint density at radius 1 is 1.10 bits per heavy atom. The van der Waals surface area contributed by atoms with Crippen molar-refractivity contribution in [2.24, 2.45) is 0 Å². The van der Waals surface area contributed by atoms with Crippen LogP contribution in [0.1, 0.15) is 22.0 Å². The van der Waals surface area contributed by atoms with Crippen LogP contribution in [-0.2, 0) is 6.54 Å². The number of nitrogens with one attached hydrogen (secondary N) is 1. The average molecular weight is 278 g/mol. The Balaban J connectivity index is 1.74. The first-order valence-corrected chi connectivity index (χ1v) is 6.65. The molecule has 1 N–H and O–H groups in total. The predicted octanol–water partition coefficient (Wildman–Crippen LogP) is 2.26. The molecule has 3 aromatic rings. The van der Waals surface area contributed by atoms with Crippen molar-refractivity contribution in [2.45, 2.75) is 13.5 Å². The van der Waals surface area contributed by atoms with Gasteiger partial charge < -0.3 is 5.32 Å². The highest BCUT2D eigenvalue weighted by molar-refractivity contribution is 5.94. The van der Waals surface area contributed by atoms with Gasteiger partial charge in [0.05, 0.1) is 17.8 Å². The summed E-state index contributed by atoms with van der Waals surface area (Å²) in [5.74, 6) is 0.475. The molecule has 0 saturated carbocycles. The number of carbonyl (C=O) groups excluding carboxylic acids is 1. The van der Waals surface area contributed by atoms with Gasteiger partial charge in [0.15, 0.2) is 0 Å². The van der Waals surface area contributed by atoms with Gasteiger partial charge in [-0.1, -0.05) is 24.3 Å². The third-order valence-corrected chi connectivity index (χ3v) is 3.09. The normalized spacial score (nSPS) is 10.5. The molecule has 0 aliphatic carbocycles. The van der Waals surface area contributed by atoms with Crippen molar-refractivity contribution in [2.75, 3.05) is 0 Å². The maximum Gasteiger partial charge on any atom is 0.270 e. The number of hydrogen-bond donors (Lipinski definition) is 1. The number of para-hydroxylation sites is 1. The standard InChI is InChI=1S/C16H14N4O/c1-11-17-9-8-13(19-11)10-18-16(21)15-7-6-12-4-2-3-5-14(12)20-15/h2-9H,10H2,1H3,(H,18,21). The van der Waals surface area contributed by atoms with Crippen molar-refractivity contribution in [1.29, 1.82) is 0 Å². The number of pyridine rings is 1. The molecule has 0 aliphatic rings. The van der Waals surface area contributed by atoms with Crippen LogP contribution < -0.4 is 5.32 Å². The molecule has 0 fully saturated rings. The van der Waals surface area contributed by atoms with Crippen LogP contribution in [-0.4, -0.2) is 20.9 Å². The van der Waals surface area contributed by atoms with Gasteiger partial charge in [-0.15, -0.1) is 0 Å². The molecule has 0 bridgehead atoms. The fourth-order valence-corrected chi connectivity index (χ4v) is 2.06. The second kappa shape index (κ2) is 5.66. The Labute approximate surface area is 122 Å². The van der Waals surface area contributed by atoms with Crippen LogP contribution >= 0.6 is 0 Å². The summed E-state index contributed by atoms with van der Waals surface area (Å²) in [4.78, 5) is 24.8. The molecule has 21 heavy (non-hydrogen) atoms. The fourth-order valence-electron chi connectivity index (χ4n) is 2.06. The monoisotopic (exact) mass is 278 g/mol. The van der Waals surface area contributed by atoms with Crippen LogP contribution in [0.5, 0.6) is 0 Å². The average Bonchev–Trinajstić information content (AvgIpc) is 2.52. The molecule has 3 rings (SSSR count). The first kappa shape index (κ1) is 13.2. The number of amides is 1. The number of fused-ring (bicyclic) bond motifs is 1. The molecule has 104 valence electrons. The first-order chi connectivity index (χ1) is 10.2. The zero-order valence-corrected chi connectivity index (χ0v) is 11.6. The molecule has 0 atom stereocenters. The third-order valence-electron chi connectivity index (χ3n) is 3.09. The van der Waals surface area contributed by atoms with Gasteiger partial charge in [0, 0.05) is 11.6 Å². The molecular formula is C16H14N4O. The molecule has 2 heterocycles. The van der Waals surface area contributed by atoms with Crippen molar-refractivity contribution in [3.63, 3.8) is 0 Å². The molecule has 0 radical (unpaired) electrons. The maximum absolute atomic E-state index is 12.1. The van der Waals surface area contributed by atoms with E-state index in [-0.39, 0.29) is 5.91 Å². The summed E-state index contributed by atoms with van der Waals surface area (Å²) >= 11 is 0. The molecule has 1 aromatic carbocycles. The minimum Gasteiger partial charge on any atom is -0.345 e. The fraction of sp³-hybridized carbons (Fsp3) is 0.125. The minimum absolute atomic E-state index is 0.211. The first-order valence-electron chi connectivity index (χ1n) is 6.65. The Hall–Kier alpha value is -2.82. The number of benzene rings is 1. The third kappa shape index (κ3) is 3.02. The van der Waals surface area contributed by atoms with Crippen LogP contribution in [0.25, 0.3) is 10.9 Å². The van der Waals surface area contributed by atoms with Crippen molar-refractivity contribution < 1.29 is 4.79 Å². The van der Waals surface area contributed by atoms with E-state index < -0.39 is 0 Å². The lowest BCUT2D eigenvalue weighted by Crippen LogP contribution is -2.24. The molecule has 0 spiro atoms. The molecule has 0 unspecified atom stereocenters. The van der Waals surface area contributed by atoms with Crippen LogP contribution in [0.4, 0.5) is 0 Å². The summed E-state index contributed by atoms with van der Waals surface area (Å²) in [5, 5.41) is 3.83. The van der Waals surface area contributed by atoms with Gasteiger partial charge in [0.25, 0.3) is 5.91 Å². The number of aromatic nitrogens is 3. The lowest BCUT2D eigenvalue weighted by molar-refractivity contribution is 0.0945. The van der Waals surface area contributed by atoms with Crippen LogP contribution in [0.3, 0.4) is 0 Å². The summed E-state index contributed by atoms with van der Waals surface area (Å²) in [5.41, 5.74) is 1.99. The lowest BCUT2D eigenvalue weighted by atomic mass is 10.2. The van der Waals surface area contributed by atoms with E-state index in [1.807, 2.05) is 37.3 Å². The van der Waals surface area contributed by atoms with Gasteiger partial charge in [-0.3, -0.25) is 4.79 Å². The Morgan fingerprint density at radius 3 is 2.81 bits per heavy atom. The summed E-state index contributed by atoms with van der Waals surface area (Å²) < 4.78 is 0. The Morgan fingerprint density at radius 2 is 1.95 bits per heavy atom. The van der Waals surface area contributed by atoms with E-state index in [4.69, 9.17) is 0 Å². The summed E-state index contributed by atoms with van der Waals surface area (Å²) in [6.07, 6.45) is 1.68.